The Morgan fingerprint density at radius 3 is 2.26 bits per heavy atom. The van der Waals surface area contributed by atoms with Gasteiger partial charge in [0.25, 0.3) is 5.91 Å². The summed E-state index contributed by atoms with van der Waals surface area (Å²) in [6, 6.07) is 23.5. The fraction of sp³-hybridized carbons (Fsp3) is 0.148. The van der Waals surface area contributed by atoms with E-state index in [2.05, 4.69) is 11.9 Å². The summed E-state index contributed by atoms with van der Waals surface area (Å²) in [6.45, 7) is 4.19. The van der Waals surface area contributed by atoms with Crippen LogP contribution in [0.2, 0.25) is 0 Å². The van der Waals surface area contributed by atoms with Crippen LogP contribution in [0.4, 0.5) is 5.69 Å². The number of rotatable bonds is 6. The highest BCUT2D eigenvalue weighted by Gasteiger charge is 2.35. The van der Waals surface area contributed by atoms with Crippen molar-refractivity contribution in [3.8, 4) is 11.5 Å². The number of anilines is 1. The molecule has 7 nitrogen and oxygen atoms in total. The summed E-state index contributed by atoms with van der Waals surface area (Å²) in [4.78, 5) is 40.9. The van der Waals surface area contributed by atoms with E-state index in [0.717, 1.165) is 17.0 Å². The Kier molecular flexibility index (Phi) is 5.59. The SMILES string of the molecule is C=C1c2ccccc2C(=O)N1CC(=O)NC1CC(=O)N(c2ccc(Oc3ccccc3)cc2)C1. The highest BCUT2D eigenvalue weighted by Crippen LogP contribution is 2.31. The first-order valence-corrected chi connectivity index (χ1v) is 11.0. The molecule has 0 bridgehead atoms. The lowest BCUT2D eigenvalue weighted by atomic mass is 10.1. The average Bonchev–Trinajstić information content (AvgIpc) is 3.32. The first-order valence-electron chi connectivity index (χ1n) is 11.0. The molecular weight excluding hydrogens is 430 g/mol. The van der Waals surface area contributed by atoms with Crippen molar-refractivity contribution in [2.75, 3.05) is 18.0 Å². The van der Waals surface area contributed by atoms with Gasteiger partial charge in [0.15, 0.2) is 0 Å². The highest BCUT2D eigenvalue weighted by molar-refractivity contribution is 6.10. The van der Waals surface area contributed by atoms with Crippen LogP contribution in [-0.2, 0) is 9.59 Å². The predicted molar refractivity (Wildman–Crippen MR) is 128 cm³/mol. The van der Waals surface area contributed by atoms with Crippen molar-refractivity contribution < 1.29 is 19.1 Å². The monoisotopic (exact) mass is 453 g/mol. The van der Waals surface area contributed by atoms with Crippen LogP contribution in [0, 0.1) is 0 Å². The van der Waals surface area contributed by atoms with Crippen molar-refractivity contribution in [1.29, 1.82) is 0 Å². The normalized spacial score (nSPS) is 17.2. The Hall–Kier alpha value is -4.39. The summed E-state index contributed by atoms with van der Waals surface area (Å²) >= 11 is 0. The number of carbonyl (C=O) groups is 3. The van der Waals surface area contributed by atoms with Crippen LogP contribution in [-0.4, -0.2) is 41.8 Å². The Bertz CT molecular complexity index is 1240. The highest BCUT2D eigenvalue weighted by atomic mass is 16.5. The number of carbonyl (C=O) groups excluding carboxylic acids is 3. The molecule has 1 unspecified atom stereocenters. The van der Waals surface area contributed by atoms with Crippen LogP contribution in [0.25, 0.3) is 5.70 Å². The van der Waals surface area contributed by atoms with Crippen molar-refractivity contribution in [3.63, 3.8) is 0 Å². The summed E-state index contributed by atoms with van der Waals surface area (Å²) in [5, 5.41) is 2.89. The Morgan fingerprint density at radius 2 is 1.56 bits per heavy atom. The quantitative estimate of drug-likeness (QED) is 0.615. The first kappa shape index (κ1) is 21.5. The van der Waals surface area contributed by atoms with Crippen molar-refractivity contribution >= 4 is 29.1 Å². The van der Waals surface area contributed by atoms with E-state index < -0.39 is 0 Å². The van der Waals surface area contributed by atoms with Crippen LogP contribution in [0.15, 0.2) is 85.4 Å². The van der Waals surface area contributed by atoms with Crippen LogP contribution in [0.3, 0.4) is 0 Å². The maximum Gasteiger partial charge on any atom is 0.259 e. The van der Waals surface area contributed by atoms with Gasteiger partial charge >= 0.3 is 0 Å². The number of hydrogen-bond acceptors (Lipinski definition) is 4. The maximum absolute atomic E-state index is 12.7. The molecule has 0 aromatic heterocycles. The molecule has 0 saturated carbocycles. The zero-order valence-electron chi connectivity index (χ0n) is 18.4. The average molecular weight is 453 g/mol. The fourth-order valence-corrected chi connectivity index (χ4v) is 4.29. The molecule has 3 aromatic rings. The van der Waals surface area contributed by atoms with Gasteiger partial charge in [-0.2, -0.15) is 0 Å². The van der Waals surface area contributed by atoms with Crippen molar-refractivity contribution in [1.82, 2.24) is 10.2 Å². The minimum absolute atomic E-state index is 0.0731. The summed E-state index contributed by atoms with van der Waals surface area (Å²) < 4.78 is 5.80. The Morgan fingerprint density at radius 1 is 0.912 bits per heavy atom. The van der Waals surface area contributed by atoms with Crippen molar-refractivity contribution in [2.45, 2.75) is 12.5 Å². The van der Waals surface area contributed by atoms with Gasteiger partial charge < -0.3 is 15.0 Å². The number of nitrogens with zero attached hydrogens (tertiary/aromatic N) is 2. The summed E-state index contributed by atoms with van der Waals surface area (Å²) in [5.74, 6) is 0.767. The number of para-hydroxylation sites is 1. The zero-order chi connectivity index (χ0) is 23.7. The second-order valence-corrected chi connectivity index (χ2v) is 8.27. The molecule has 7 heteroatoms. The summed E-state index contributed by atoms with van der Waals surface area (Å²) in [5.41, 5.74) is 2.53. The van der Waals surface area contributed by atoms with Gasteiger partial charge in [0.05, 0.1) is 6.04 Å². The molecule has 2 aliphatic heterocycles. The predicted octanol–water partition coefficient (Wildman–Crippen LogP) is 3.83. The molecule has 1 fully saturated rings. The van der Waals surface area contributed by atoms with Crippen LogP contribution in [0.1, 0.15) is 22.3 Å². The molecule has 1 saturated heterocycles. The fourth-order valence-electron chi connectivity index (χ4n) is 4.29. The molecule has 3 aromatic carbocycles. The molecular formula is C27H23N3O4. The van der Waals surface area contributed by atoms with E-state index in [9.17, 15) is 14.4 Å². The number of benzene rings is 3. The van der Waals surface area contributed by atoms with E-state index in [4.69, 9.17) is 4.74 Å². The molecule has 1 atom stereocenters. The molecule has 170 valence electrons. The second-order valence-electron chi connectivity index (χ2n) is 8.27. The third-order valence-electron chi connectivity index (χ3n) is 5.96. The number of ether oxygens (including phenoxy) is 1. The lowest BCUT2D eigenvalue weighted by Gasteiger charge is -2.20. The molecule has 34 heavy (non-hydrogen) atoms. The van der Waals surface area contributed by atoms with E-state index in [-0.39, 0.29) is 36.7 Å². The van der Waals surface area contributed by atoms with E-state index >= 15 is 0 Å². The number of nitrogens with one attached hydrogen (secondary N) is 1. The zero-order valence-corrected chi connectivity index (χ0v) is 18.4. The first-order chi connectivity index (χ1) is 16.5. The summed E-state index contributed by atoms with van der Waals surface area (Å²) in [7, 11) is 0. The van der Waals surface area contributed by atoms with E-state index in [0.29, 0.717) is 23.6 Å². The minimum atomic E-state index is -0.339. The molecule has 2 heterocycles. The van der Waals surface area contributed by atoms with Gasteiger partial charge in [0.2, 0.25) is 11.8 Å². The smallest absolute Gasteiger partial charge is 0.259 e. The third-order valence-corrected chi connectivity index (χ3v) is 5.96. The molecule has 1 N–H and O–H groups in total. The van der Waals surface area contributed by atoms with Gasteiger partial charge in [-0.1, -0.05) is 43.0 Å². The molecule has 0 aliphatic carbocycles. The van der Waals surface area contributed by atoms with Crippen LogP contribution >= 0.6 is 0 Å². The second kappa shape index (κ2) is 8.86. The Labute approximate surface area is 197 Å². The standard InChI is InChI=1S/C27H23N3O4/c1-18-23-9-5-6-10-24(23)27(33)29(18)17-25(31)28-19-15-26(32)30(16-19)20-11-13-22(14-12-20)34-21-7-3-2-4-8-21/h2-14,19H,1,15-17H2,(H,28,31). The molecule has 0 spiro atoms. The molecule has 2 aliphatic rings. The molecule has 0 radical (unpaired) electrons. The minimum Gasteiger partial charge on any atom is -0.457 e. The Balaban J connectivity index is 1.18. The van der Waals surface area contributed by atoms with Gasteiger partial charge in [-0.05, 0) is 42.5 Å². The topological polar surface area (TPSA) is 79.0 Å². The summed E-state index contributed by atoms with van der Waals surface area (Å²) in [6.07, 6.45) is 0.198. The molecule has 3 amide bonds. The third kappa shape index (κ3) is 4.15. The lowest BCUT2D eigenvalue weighted by molar-refractivity contribution is -0.121. The van der Waals surface area contributed by atoms with Crippen LogP contribution < -0.4 is 15.0 Å². The maximum atomic E-state index is 12.7. The van der Waals surface area contributed by atoms with Gasteiger partial charge in [0, 0.05) is 35.5 Å². The molecule has 5 rings (SSSR count). The van der Waals surface area contributed by atoms with Crippen molar-refractivity contribution in [3.05, 3.63) is 96.6 Å². The van der Waals surface area contributed by atoms with E-state index in [1.54, 1.807) is 17.0 Å². The van der Waals surface area contributed by atoms with E-state index in [1.165, 1.54) is 4.90 Å². The van der Waals surface area contributed by atoms with Gasteiger partial charge in [0.1, 0.15) is 18.0 Å². The number of amides is 3. The number of fused-ring (bicyclic) bond motifs is 1. The van der Waals surface area contributed by atoms with Crippen LogP contribution in [0.5, 0.6) is 11.5 Å². The van der Waals surface area contributed by atoms with E-state index in [1.807, 2.05) is 66.7 Å². The van der Waals surface area contributed by atoms with Gasteiger partial charge in [-0.25, -0.2) is 0 Å². The largest absolute Gasteiger partial charge is 0.457 e. The van der Waals surface area contributed by atoms with Gasteiger partial charge in [-0.3, -0.25) is 19.3 Å². The van der Waals surface area contributed by atoms with Gasteiger partial charge in [-0.15, -0.1) is 0 Å². The number of hydrogen-bond donors (Lipinski definition) is 1. The lowest BCUT2D eigenvalue weighted by Crippen LogP contribution is -2.43. The van der Waals surface area contributed by atoms with Crippen molar-refractivity contribution in [2.24, 2.45) is 0 Å².